The van der Waals surface area contributed by atoms with Gasteiger partial charge in [0.2, 0.25) is 0 Å². The van der Waals surface area contributed by atoms with Gasteiger partial charge in [0.1, 0.15) is 11.2 Å². The second kappa shape index (κ2) is 5.07. The number of phenolic OH excluding ortho intramolecular Hbond substituents is 1. The van der Waals surface area contributed by atoms with E-state index in [4.69, 9.17) is 9.47 Å². The van der Waals surface area contributed by atoms with Crippen LogP contribution in [-0.2, 0) is 27.1 Å². The Hall–Kier alpha value is -1.59. The van der Waals surface area contributed by atoms with Gasteiger partial charge < -0.3 is 19.7 Å². The van der Waals surface area contributed by atoms with Gasteiger partial charge in [0.15, 0.2) is 6.29 Å². The third-order valence-corrected chi connectivity index (χ3v) is 4.30. The lowest BCUT2D eigenvalue weighted by molar-refractivity contribution is -0.190. The molecule has 1 aromatic carbocycles. The molecule has 2 N–H and O–H groups in total. The first-order valence-electron chi connectivity index (χ1n) is 6.47. The molecular formula is C15H20O5. The lowest BCUT2D eigenvalue weighted by Crippen LogP contribution is -2.45. The molecule has 5 nitrogen and oxygen atoms in total. The number of carbonyl (C=O) groups excluding carboxylic acids is 1. The Labute approximate surface area is 118 Å². The summed E-state index contributed by atoms with van der Waals surface area (Å²) in [4.78, 5) is 12.2. The average Bonchev–Trinajstić information content (AvgIpc) is 2.85. The largest absolute Gasteiger partial charge is 0.508 e. The van der Waals surface area contributed by atoms with Crippen LogP contribution in [0.25, 0.3) is 0 Å². The Bertz CT molecular complexity index is 552. The van der Waals surface area contributed by atoms with Crippen molar-refractivity contribution in [2.75, 3.05) is 14.2 Å². The quantitative estimate of drug-likeness (QED) is 0.643. The van der Waals surface area contributed by atoms with Crippen LogP contribution in [0.1, 0.15) is 22.3 Å². The van der Waals surface area contributed by atoms with Crippen LogP contribution < -0.4 is 0 Å². The van der Waals surface area contributed by atoms with Crippen LogP contribution in [0.3, 0.4) is 0 Å². The van der Waals surface area contributed by atoms with Crippen LogP contribution in [-0.4, -0.2) is 36.7 Å². The van der Waals surface area contributed by atoms with Crippen LogP contribution in [0.4, 0.5) is 0 Å². The molecule has 0 saturated carbocycles. The SMILES string of the molecule is COC(=O)C1(C(O)OC)Cc2c(C)cc(O)c(C)c2C1. The topological polar surface area (TPSA) is 76.0 Å². The molecule has 1 aliphatic rings. The van der Waals surface area contributed by atoms with Crippen molar-refractivity contribution in [2.24, 2.45) is 5.41 Å². The number of rotatable bonds is 3. The summed E-state index contributed by atoms with van der Waals surface area (Å²) in [6.45, 7) is 3.69. The molecule has 0 heterocycles. The molecule has 0 amide bonds. The summed E-state index contributed by atoms with van der Waals surface area (Å²) in [6, 6.07) is 1.68. The summed E-state index contributed by atoms with van der Waals surface area (Å²) >= 11 is 0. The summed E-state index contributed by atoms with van der Waals surface area (Å²) < 4.78 is 9.85. The Balaban J connectivity index is 2.55. The molecule has 2 unspecified atom stereocenters. The van der Waals surface area contributed by atoms with Gasteiger partial charge in [-0.2, -0.15) is 0 Å². The molecule has 0 radical (unpaired) electrons. The number of phenols is 1. The summed E-state index contributed by atoms with van der Waals surface area (Å²) in [7, 11) is 2.65. The van der Waals surface area contributed by atoms with Crippen molar-refractivity contribution in [2.45, 2.75) is 33.0 Å². The smallest absolute Gasteiger partial charge is 0.317 e. The maximum absolute atomic E-state index is 12.2. The molecule has 110 valence electrons. The number of aliphatic hydroxyl groups is 1. The number of ether oxygens (including phenoxy) is 2. The fraction of sp³-hybridized carbons (Fsp3) is 0.533. The molecule has 0 saturated heterocycles. The third-order valence-electron chi connectivity index (χ3n) is 4.30. The van der Waals surface area contributed by atoms with Crippen molar-refractivity contribution in [1.29, 1.82) is 0 Å². The van der Waals surface area contributed by atoms with E-state index in [-0.39, 0.29) is 5.75 Å². The van der Waals surface area contributed by atoms with Crippen molar-refractivity contribution < 1.29 is 24.5 Å². The van der Waals surface area contributed by atoms with Gasteiger partial charge in [-0.15, -0.1) is 0 Å². The summed E-state index contributed by atoms with van der Waals surface area (Å²) in [5, 5.41) is 20.1. The van der Waals surface area contributed by atoms with Gasteiger partial charge in [0.25, 0.3) is 0 Å². The highest BCUT2D eigenvalue weighted by molar-refractivity contribution is 5.80. The number of aromatic hydroxyl groups is 1. The second-order valence-electron chi connectivity index (χ2n) is 5.38. The normalized spacial score (nSPS) is 22.4. The monoisotopic (exact) mass is 280 g/mol. The van der Waals surface area contributed by atoms with Crippen LogP contribution >= 0.6 is 0 Å². The maximum Gasteiger partial charge on any atom is 0.317 e. The van der Waals surface area contributed by atoms with Gasteiger partial charge in [-0.1, -0.05) is 0 Å². The fourth-order valence-corrected chi connectivity index (χ4v) is 3.05. The minimum atomic E-state index is -1.25. The van der Waals surface area contributed by atoms with E-state index in [1.165, 1.54) is 14.2 Å². The van der Waals surface area contributed by atoms with Crippen molar-refractivity contribution in [3.05, 3.63) is 28.3 Å². The number of carbonyl (C=O) groups is 1. The number of aryl methyl sites for hydroxylation is 1. The zero-order chi connectivity index (χ0) is 15.1. The van der Waals surface area contributed by atoms with E-state index in [2.05, 4.69) is 0 Å². The standard InChI is InChI=1S/C15H20O5/c1-8-5-12(16)9(2)11-7-15(6-10(8)11,13(17)19-3)14(18)20-4/h5,13,16-17H,6-7H2,1-4H3. The summed E-state index contributed by atoms with van der Waals surface area (Å²) in [5.74, 6) is -0.296. The number of fused-ring (bicyclic) bond motifs is 1. The van der Waals surface area contributed by atoms with Gasteiger partial charge in [0.05, 0.1) is 7.11 Å². The van der Waals surface area contributed by atoms with Crippen LogP contribution in [0.15, 0.2) is 6.07 Å². The van der Waals surface area contributed by atoms with E-state index in [0.717, 1.165) is 22.3 Å². The highest BCUT2D eigenvalue weighted by atomic mass is 16.6. The Kier molecular flexibility index (Phi) is 3.75. The summed E-state index contributed by atoms with van der Waals surface area (Å²) in [6.07, 6.45) is -0.606. The zero-order valence-electron chi connectivity index (χ0n) is 12.2. The lowest BCUT2D eigenvalue weighted by Gasteiger charge is -2.30. The highest BCUT2D eigenvalue weighted by Gasteiger charge is 2.52. The first kappa shape index (κ1) is 14.8. The van der Waals surface area contributed by atoms with E-state index < -0.39 is 17.7 Å². The number of benzene rings is 1. The molecule has 0 aromatic heterocycles. The highest BCUT2D eigenvalue weighted by Crippen LogP contribution is 2.45. The number of hydrogen-bond donors (Lipinski definition) is 2. The van der Waals surface area contributed by atoms with E-state index in [1.807, 2.05) is 6.92 Å². The molecule has 0 fully saturated rings. The number of esters is 1. The Morgan fingerprint density at radius 2 is 1.90 bits per heavy atom. The molecule has 0 spiro atoms. The van der Waals surface area contributed by atoms with Crippen LogP contribution in [0, 0.1) is 19.3 Å². The van der Waals surface area contributed by atoms with Crippen molar-refractivity contribution in [1.82, 2.24) is 0 Å². The van der Waals surface area contributed by atoms with Gasteiger partial charge in [-0.05, 0) is 55.0 Å². The van der Waals surface area contributed by atoms with E-state index >= 15 is 0 Å². The van der Waals surface area contributed by atoms with E-state index in [9.17, 15) is 15.0 Å². The molecule has 2 rings (SSSR count). The molecule has 1 aromatic rings. The van der Waals surface area contributed by atoms with Gasteiger partial charge >= 0.3 is 5.97 Å². The molecule has 2 atom stereocenters. The fourth-order valence-electron chi connectivity index (χ4n) is 3.05. The number of hydrogen-bond acceptors (Lipinski definition) is 5. The number of methoxy groups -OCH3 is 2. The van der Waals surface area contributed by atoms with Crippen molar-refractivity contribution in [3.63, 3.8) is 0 Å². The molecular weight excluding hydrogens is 260 g/mol. The van der Waals surface area contributed by atoms with Crippen molar-refractivity contribution in [3.8, 4) is 5.75 Å². The molecule has 0 bridgehead atoms. The zero-order valence-corrected chi connectivity index (χ0v) is 12.2. The molecule has 20 heavy (non-hydrogen) atoms. The minimum Gasteiger partial charge on any atom is -0.508 e. The summed E-state index contributed by atoms with van der Waals surface area (Å²) in [5.41, 5.74) is 2.36. The second-order valence-corrected chi connectivity index (χ2v) is 5.38. The minimum absolute atomic E-state index is 0.203. The predicted octanol–water partition coefficient (Wildman–Crippen LogP) is 1.23. The Morgan fingerprint density at radius 3 is 2.45 bits per heavy atom. The van der Waals surface area contributed by atoms with Crippen molar-refractivity contribution >= 4 is 5.97 Å². The maximum atomic E-state index is 12.2. The first-order valence-corrected chi connectivity index (χ1v) is 6.47. The first-order chi connectivity index (χ1) is 9.37. The van der Waals surface area contributed by atoms with Crippen LogP contribution in [0.5, 0.6) is 5.75 Å². The molecule has 5 heteroatoms. The van der Waals surface area contributed by atoms with Gasteiger partial charge in [-0.3, -0.25) is 4.79 Å². The third kappa shape index (κ3) is 1.98. The molecule has 1 aliphatic carbocycles. The van der Waals surface area contributed by atoms with E-state index in [1.54, 1.807) is 13.0 Å². The average molecular weight is 280 g/mol. The van der Waals surface area contributed by atoms with Crippen LogP contribution in [0.2, 0.25) is 0 Å². The predicted molar refractivity (Wildman–Crippen MR) is 72.5 cm³/mol. The molecule has 0 aliphatic heterocycles. The lowest BCUT2D eigenvalue weighted by atomic mass is 9.83. The number of aliphatic hydroxyl groups excluding tert-OH is 1. The van der Waals surface area contributed by atoms with Gasteiger partial charge in [0, 0.05) is 7.11 Å². The van der Waals surface area contributed by atoms with Gasteiger partial charge in [-0.25, -0.2) is 0 Å². The van der Waals surface area contributed by atoms with E-state index in [0.29, 0.717) is 12.8 Å². The Morgan fingerprint density at radius 1 is 1.30 bits per heavy atom.